The van der Waals surface area contributed by atoms with Crippen LogP contribution in [0.4, 0.5) is 21.9 Å². The lowest BCUT2D eigenvalue weighted by Gasteiger charge is -2.60. The van der Waals surface area contributed by atoms with E-state index in [1.54, 1.807) is 30.3 Å². The Morgan fingerprint density at radius 2 is 1.81 bits per heavy atom. The number of pyridine rings is 1. The van der Waals surface area contributed by atoms with Crippen molar-refractivity contribution in [2.45, 2.75) is 64.1 Å². The van der Waals surface area contributed by atoms with Gasteiger partial charge in [0.25, 0.3) is 5.56 Å². The highest BCUT2D eigenvalue weighted by molar-refractivity contribution is 6.08. The van der Waals surface area contributed by atoms with Gasteiger partial charge in [-0.3, -0.25) is 19.7 Å². The van der Waals surface area contributed by atoms with Crippen LogP contribution in [0.1, 0.15) is 66.8 Å². The third-order valence-electron chi connectivity index (χ3n) is 11.3. The van der Waals surface area contributed by atoms with Gasteiger partial charge in [-0.1, -0.05) is 31.2 Å². The highest BCUT2D eigenvalue weighted by Crippen LogP contribution is 2.66. The van der Waals surface area contributed by atoms with Gasteiger partial charge in [0.05, 0.1) is 18.1 Å². The Hall–Kier alpha value is -5.12. The molecule has 10 heteroatoms. The van der Waals surface area contributed by atoms with E-state index < -0.39 is 12.1 Å². The fourth-order valence-corrected chi connectivity index (χ4v) is 8.66. The number of fused-ring (bicyclic) bond motifs is 10. The van der Waals surface area contributed by atoms with Gasteiger partial charge in [0.2, 0.25) is 11.8 Å². The minimum Gasteiger partial charge on any atom is -0.449 e. The number of hydrogen-bond acceptors (Lipinski definition) is 6. The summed E-state index contributed by atoms with van der Waals surface area (Å²) in [5.74, 6) is 0.385. The second kappa shape index (κ2) is 11.2. The Bertz CT molecular complexity index is 2060. The number of carbonyl (C=O) groups excluding carboxylic acids is 3. The van der Waals surface area contributed by atoms with Crippen molar-refractivity contribution in [3.05, 3.63) is 99.5 Å². The fourth-order valence-electron chi connectivity index (χ4n) is 8.66. The number of hydrogen-bond donors (Lipinski definition) is 3. The van der Waals surface area contributed by atoms with E-state index in [9.17, 15) is 19.2 Å². The lowest BCUT2D eigenvalue weighted by molar-refractivity contribution is -0.150. The molecule has 4 bridgehead atoms. The molecule has 3 aromatic carbocycles. The summed E-state index contributed by atoms with van der Waals surface area (Å²) in [4.78, 5) is 60.1. The van der Waals surface area contributed by atoms with E-state index in [0.29, 0.717) is 22.7 Å². The largest absolute Gasteiger partial charge is 0.449 e. The van der Waals surface area contributed by atoms with E-state index in [4.69, 9.17) is 4.74 Å². The molecule has 2 saturated carbocycles. The molecule has 1 spiro atoms. The van der Waals surface area contributed by atoms with Gasteiger partial charge in [0.15, 0.2) is 0 Å². The van der Waals surface area contributed by atoms with Gasteiger partial charge in [-0.2, -0.15) is 0 Å². The maximum absolute atomic E-state index is 14.5. The van der Waals surface area contributed by atoms with Crippen LogP contribution < -0.4 is 21.1 Å². The lowest BCUT2D eigenvalue weighted by Crippen LogP contribution is -2.72. The Morgan fingerprint density at radius 1 is 0.958 bits per heavy atom. The van der Waals surface area contributed by atoms with E-state index in [0.717, 1.165) is 59.0 Å². The molecular weight excluding hydrogens is 606 g/mol. The summed E-state index contributed by atoms with van der Waals surface area (Å²) in [7, 11) is 1.75. The Labute approximate surface area is 278 Å². The van der Waals surface area contributed by atoms with Gasteiger partial charge in [0, 0.05) is 48.2 Å². The van der Waals surface area contributed by atoms with Gasteiger partial charge in [-0.15, -0.1) is 0 Å². The second-order valence-corrected chi connectivity index (χ2v) is 14.0. The quantitative estimate of drug-likeness (QED) is 0.228. The van der Waals surface area contributed by atoms with Gasteiger partial charge < -0.3 is 24.8 Å². The topological polar surface area (TPSA) is 124 Å². The smallest absolute Gasteiger partial charge is 0.411 e. The van der Waals surface area contributed by atoms with Crippen LogP contribution in [-0.2, 0) is 20.9 Å². The van der Waals surface area contributed by atoms with Crippen LogP contribution in [0, 0.1) is 18.3 Å². The number of amides is 3. The minimum absolute atomic E-state index is 0.0841. The third kappa shape index (κ3) is 4.68. The summed E-state index contributed by atoms with van der Waals surface area (Å²) in [6, 6.07) is 18.2. The van der Waals surface area contributed by atoms with Crippen molar-refractivity contribution in [1.29, 1.82) is 0 Å². The molecule has 48 heavy (non-hydrogen) atoms. The molecule has 3 aliphatic heterocycles. The molecule has 3 fully saturated rings. The Morgan fingerprint density at radius 3 is 2.60 bits per heavy atom. The number of rotatable bonds is 3. The average molecular weight is 646 g/mol. The number of H-pyrrole nitrogens is 1. The highest BCUT2D eigenvalue weighted by Gasteiger charge is 2.71. The molecule has 4 heterocycles. The van der Waals surface area contributed by atoms with Crippen LogP contribution in [-0.4, -0.2) is 47.5 Å². The van der Waals surface area contributed by atoms with E-state index in [1.807, 2.05) is 67.3 Å². The minimum atomic E-state index is -0.770. The number of nitrogens with zero attached hydrogens (tertiary/aromatic N) is 2. The third-order valence-corrected chi connectivity index (χ3v) is 11.3. The number of anilines is 3. The van der Waals surface area contributed by atoms with Crippen LogP contribution in [0.2, 0.25) is 0 Å². The normalized spacial score (nSPS) is 26.7. The first-order valence-electron chi connectivity index (χ1n) is 16.8. The molecule has 3 unspecified atom stereocenters. The zero-order chi connectivity index (χ0) is 33.3. The van der Waals surface area contributed by atoms with Gasteiger partial charge in [-0.25, -0.2) is 4.79 Å². The molecule has 2 aliphatic carbocycles. The van der Waals surface area contributed by atoms with Crippen LogP contribution in [0.3, 0.4) is 0 Å². The van der Waals surface area contributed by atoms with Crippen LogP contribution >= 0.6 is 0 Å². The van der Waals surface area contributed by atoms with Crippen LogP contribution in [0.5, 0.6) is 0 Å². The van der Waals surface area contributed by atoms with E-state index >= 15 is 0 Å². The van der Waals surface area contributed by atoms with Crippen molar-refractivity contribution in [2.75, 3.05) is 29.2 Å². The zero-order valence-corrected chi connectivity index (χ0v) is 27.3. The van der Waals surface area contributed by atoms with E-state index in [2.05, 4.69) is 15.6 Å². The fraction of sp³-hybridized carbons (Fsp3) is 0.368. The van der Waals surface area contributed by atoms with Crippen molar-refractivity contribution in [3.8, 4) is 0 Å². The molecule has 9 rings (SSSR count). The number of aryl methyl sites for hydroxylation is 1. The van der Waals surface area contributed by atoms with E-state index in [-0.39, 0.29) is 47.9 Å². The van der Waals surface area contributed by atoms with Crippen LogP contribution in [0.25, 0.3) is 10.8 Å². The second-order valence-electron chi connectivity index (χ2n) is 14.0. The summed E-state index contributed by atoms with van der Waals surface area (Å²) in [5.41, 5.74) is 5.04. The number of nitrogens with one attached hydrogen (secondary N) is 3. The molecule has 10 nitrogen and oxygen atoms in total. The van der Waals surface area contributed by atoms with Crippen molar-refractivity contribution in [2.24, 2.45) is 11.3 Å². The lowest BCUT2D eigenvalue weighted by atomic mass is 9.55. The number of likely N-dealkylation sites (N-methyl/N-ethyl adjacent to an activating group) is 1. The molecule has 5 aliphatic rings. The monoisotopic (exact) mass is 645 g/mol. The number of aromatic amines is 1. The van der Waals surface area contributed by atoms with Gasteiger partial charge in [0.1, 0.15) is 6.04 Å². The van der Waals surface area contributed by atoms with Crippen molar-refractivity contribution < 1.29 is 19.1 Å². The first-order chi connectivity index (χ1) is 23.1. The molecular formula is C38H39N5O5. The molecule has 5 atom stereocenters. The number of ether oxygens (including phenoxy) is 1. The summed E-state index contributed by atoms with van der Waals surface area (Å²) < 4.78 is 5.64. The van der Waals surface area contributed by atoms with Crippen molar-refractivity contribution in [3.63, 3.8) is 0 Å². The first kappa shape index (κ1) is 30.2. The predicted octanol–water partition coefficient (Wildman–Crippen LogP) is 6.22. The van der Waals surface area contributed by atoms with Crippen molar-refractivity contribution >= 4 is 45.7 Å². The predicted molar refractivity (Wildman–Crippen MR) is 184 cm³/mol. The number of carbonyl (C=O) groups is 3. The molecule has 1 saturated heterocycles. The van der Waals surface area contributed by atoms with Crippen molar-refractivity contribution in [1.82, 2.24) is 9.88 Å². The standard InChI is InChI=1S/C38H39N5O5/c1-21-16-24-5-9-29(21)22(2)20-48-37(47)41-27-8-10-31(43-32-11-6-26-12-14-38(26,32)36(43)46)25(17-27)19-42(3)35(45)33(24)40-28-7-4-23-13-15-39-34(44)30(23)18-28/h4-5,7-10,13,15-18,22,26,32-33,40H,6,11-12,14,19-20H2,1-3H3,(H,39,44)(H,41,47)/t22-,26?,32?,33+,38?/m0/s1. The highest BCUT2D eigenvalue weighted by atomic mass is 16.5. The number of β-lactam (4-membered cyclic amide) rings is 1. The molecule has 1 aromatic heterocycles. The first-order valence-corrected chi connectivity index (χ1v) is 16.8. The number of aromatic nitrogens is 1. The molecule has 4 aromatic rings. The van der Waals surface area contributed by atoms with Gasteiger partial charge >= 0.3 is 6.09 Å². The Kier molecular flexibility index (Phi) is 7.08. The maximum Gasteiger partial charge on any atom is 0.411 e. The number of benzene rings is 3. The van der Waals surface area contributed by atoms with Crippen LogP contribution in [0.15, 0.2) is 71.7 Å². The Balaban J connectivity index is 1.18. The molecule has 0 radical (unpaired) electrons. The van der Waals surface area contributed by atoms with Gasteiger partial charge in [-0.05, 0) is 103 Å². The molecule has 246 valence electrons. The maximum atomic E-state index is 14.5. The molecule has 3 N–H and O–H groups in total. The average Bonchev–Trinajstić information content (AvgIpc) is 3.28. The summed E-state index contributed by atoms with van der Waals surface area (Å²) in [6.07, 6.45) is 5.17. The summed E-state index contributed by atoms with van der Waals surface area (Å²) in [5, 5.41) is 7.62. The zero-order valence-electron chi connectivity index (χ0n) is 27.3. The molecule has 3 amide bonds. The SMILES string of the molecule is Cc1cc2ccc1[C@@H](C)COC(=O)Nc1ccc(N3C(=O)C45CCC4CCC35)c(c1)CN(C)C(=O)[C@@H]2Nc1ccc2cc[nH]c(=O)c2c1. The summed E-state index contributed by atoms with van der Waals surface area (Å²) in [6.45, 7) is 4.37. The van der Waals surface area contributed by atoms with E-state index in [1.165, 1.54) is 0 Å². The summed E-state index contributed by atoms with van der Waals surface area (Å²) >= 11 is 0.